The first kappa shape index (κ1) is 14.7. The summed E-state index contributed by atoms with van der Waals surface area (Å²) in [5.41, 5.74) is 0.580. The molecular weight excluding hydrogens is 164 g/mol. The zero-order valence-electron chi connectivity index (χ0n) is 9.24. The van der Waals surface area contributed by atoms with Crippen molar-refractivity contribution in [1.29, 1.82) is 0 Å². The smallest absolute Gasteiger partial charge is 0.246 e. The molecule has 0 aliphatic rings. The molecule has 0 radical (unpaired) electrons. The van der Waals surface area contributed by atoms with E-state index in [4.69, 9.17) is 0 Å². The standard InChI is InChI=1S/C8H15NO.C2H7N/c1-4-5-6-9-8(10)7(2)3;1-3-2/h2,4-6H2,1,3H3,(H,9,10);3H,1-2H3. The fraction of sp³-hybridized carbons (Fsp3) is 0.700. The van der Waals surface area contributed by atoms with Gasteiger partial charge in [-0.05, 0) is 27.4 Å². The molecule has 0 spiro atoms. The molecule has 3 nitrogen and oxygen atoms in total. The molecule has 0 fully saturated rings. The Kier molecular flexibility index (Phi) is 12.6. The zero-order chi connectivity index (χ0) is 10.7. The highest BCUT2D eigenvalue weighted by Crippen LogP contribution is 1.87. The van der Waals surface area contributed by atoms with Crippen LogP contribution in [0.3, 0.4) is 0 Å². The number of hydrogen-bond acceptors (Lipinski definition) is 2. The van der Waals surface area contributed by atoms with Gasteiger partial charge in [-0.3, -0.25) is 4.79 Å². The number of nitrogens with one attached hydrogen (secondary N) is 2. The second-order valence-corrected chi connectivity index (χ2v) is 2.89. The van der Waals surface area contributed by atoms with Gasteiger partial charge in [0.25, 0.3) is 0 Å². The third-order valence-corrected chi connectivity index (χ3v) is 1.20. The molecule has 2 N–H and O–H groups in total. The Morgan fingerprint density at radius 1 is 1.38 bits per heavy atom. The minimum absolute atomic E-state index is 0.0338. The quantitative estimate of drug-likeness (QED) is 0.513. The minimum atomic E-state index is -0.0338. The summed E-state index contributed by atoms with van der Waals surface area (Å²) < 4.78 is 0. The Hall–Kier alpha value is -0.830. The van der Waals surface area contributed by atoms with Crippen molar-refractivity contribution in [1.82, 2.24) is 10.6 Å². The third-order valence-electron chi connectivity index (χ3n) is 1.20. The molecule has 0 rings (SSSR count). The first-order valence-electron chi connectivity index (χ1n) is 4.62. The average Bonchev–Trinajstić information content (AvgIpc) is 2.06. The Labute approximate surface area is 81.6 Å². The lowest BCUT2D eigenvalue weighted by Crippen LogP contribution is -2.24. The van der Waals surface area contributed by atoms with E-state index in [9.17, 15) is 4.79 Å². The summed E-state index contributed by atoms with van der Waals surface area (Å²) in [5.74, 6) is -0.0338. The molecule has 0 aliphatic carbocycles. The van der Waals surface area contributed by atoms with Gasteiger partial charge in [-0.25, -0.2) is 0 Å². The van der Waals surface area contributed by atoms with Gasteiger partial charge >= 0.3 is 0 Å². The summed E-state index contributed by atoms with van der Waals surface area (Å²) >= 11 is 0. The van der Waals surface area contributed by atoms with Crippen LogP contribution < -0.4 is 10.6 Å². The van der Waals surface area contributed by atoms with Gasteiger partial charge in [-0.1, -0.05) is 19.9 Å². The van der Waals surface area contributed by atoms with Crippen LogP contribution in [0.25, 0.3) is 0 Å². The van der Waals surface area contributed by atoms with Gasteiger partial charge in [-0.15, -0.1) is 0 Å². The summed E-state index contributed by atoms with van der Waals surface area (Å²) in [6, 6.07) is 0. The molecule has 13 heavy (non-hydrogen) atoms. The maximum Gasteiger partial charge on any atom is 0.246 e. The number of carbonyl (C=O) groups excluding carboxylic acids is 1. The summed E-state index contributed by atoms with van der Waals surface area (Å²) in [6.07, 6.45) is 2.15. The molecule has 0 bridgehead atoms. The molecule has 0 aliphatic heterocycles. The first-order chi connectivity index (χ1) is 6.09. The number of unbranched alkanes of at least 4 members (excludes halogenated alkanes) is 1. The van der Waals surface area contributed by atoms with E-state index in [2.05, 4.69) is 24.1 Å². The van der Waals surface area contributed by atoms with Crippen LogP contribution in [-0.4, -0.2) is 26.5 Å². The summed E-state index contributed by atoms with van der Waals surface area (Å²) in [5, 5.41) is 5.49. The van der Waals surface area contributed by atoms with Gasteiger partial charge in [-0.2, -0.15) is 0 Å². The van der Waals surface area contributed by atoms with Gasteiger partial charge < -0.3 is 10.6 Å². The van der Waals surface area contributed by atoms with Crippen LogP contribution in [0.1, 0.15) is 26.7 Å². The molecule has 0 saturated carbocycles. The first-order valence-corrected chi connectivity index (χ1v) is 4.62. The zero-order valence-corrected chi connectivity index (χ0v) is 9.24. The summed E-state index contributed by atoms with van der Waals surface area (Å²) in [4.78, 5) is 10.8. The molecule has 0 aromatic heterocycles. The summed E-state index contributed by atoms with van der Waals surface area (Å²) in [7, 11) is 3.75. The van der Waals surface area contributed by atoms with Crippen LogP contribution in [0.5, 0.6) is 0 Å². The van der Waals surface area contributed by atoms with Crippen molar-refractivity contribution >= 4 is 5.91 Å². The highest BCUT2D eigenvalue weighted by atomic mass is 16.1. The highest BCUT2D eigenvalue weighted by molar-refractivity contribution is 5.91. The SMILES string of the molecule is C=C(C)C(=O)NCCCC.CNC. The lowest BCUT2D eigenvalue weighted by Gasteiger charge is -2.01. The number of hydrogen-bond donors (Lipinski definition) is 2. The largest absolute Gasteiger partial charge is 0.352 e. The van der Waals surface area contributed by atoms with E-state index in [0.717, 1.165) is 19.4 Å². The van der Waals surface area contributed by atoms with Gasteiger partial charge in [0.2, 0.25) is 5.91 Å². The van der Waals surface area contributed by atoms with E-state index in [1.54, 1.807) is 6.92 Å². The molecule has 0 aromatic rings. The van der Waals surface area contributed by atoms with Crippen LogP contribution in [-0.2, 0) is 4.79 Å². The Morgan fingerprint density at radius 3 is 2.15 bits per heavy atom. The molecule has 1 amide bonds. The Balaban J connectivity index is 0. The van der Waals surface area contributed by atoms with Crippen molar-refractivity contribution in [2.45, 2.75) is 26.7 Å². The molecule has 0 unspecified atom stereocenters. The van der Waals surface area contributed by atoms with E-state index >= 15 is 0 Å². The Bertz CT molecular complexity index is 144. The van der Waals surface area contributed by atoms with Crippen molar-refractivity contribution in [3.63, 3.8) is 0 Å². The minimum Gasteiger partial charge on any atom is -0.352 e. The van der Waals surface area contributed by atoms with Gasteiger partial charge in [0.15, 0.2) is 0 Å². The lowest BCUT2D eigenvalue weighted by atomic mass is 10.3. The molecule has 0 saturated heterocycles. The summed E-state index contributed by atoms with van der Waals surface area (Å²) in [6.45, 7) is 8.09. The molecule has 3 heteroatoms. The second-order valence-electron chi connectivity index (χ2n) is 2.89. The van der Waals surface area contributed by atoms with Crippen molar-refractivity contribution in [2.75, 3.05) is 20.6 Å². The van der Waals surface area contributed by atoms with Crippen LogP contribution in [0, 0.1) is 0 Å². The van der Waals surface area contributed by atoms with Gasteiger partial charge in [0, 0.05) is 12.1 Å². The maximum absolute atomic E-state index is 10.8. The number of amides is 1. The molecule has 0 atom stereocenters. The van der Waals surface area contributed by atoms with E-state index in [0.29, 0.717) is 5.57 Å². The monoisotopic (exact) mass is 186 g/mol. The van der Waals surface area contributed by atoms with Crippen molar-refractivity contribution in [3.8, 4) is 0 Å². The van der Waals surface area contributed by atoms with Gasteiger partial charge in [0.05, 0.1) is 0 Å². The van der Waals surface area contributed by atoms with Crippen molar-refractivity contribution in [2.24, 2.45) is 0 Å². The molecule has 0 aromatic carbocycles. The molecular formula is C10H22N2O. The predicted octanol–water partition coefficient (Wildman–Crippen LogP) is 1.31. The van der Waals surface area contributed by atoms with Crippen LogP contribution in [0.2, 0.25) is 0 Å². The maximum atomic E-state index is 10.8. The van der Waals surface area contributed by atoms with Crippen LogP contribution >= 0.6 is 0 Å². The molecule has 78 valence electrons. The third kappa shape index (κ3) is 14.1. The fourth-order valence-corrected chi connectivity index (χ4v) is 0.530. The predicted molar refractivity (Wildman–Crippen MR) is 57.7 cm³/mol. The highest BCUT2D eigenvalue weighted by Gasteiger charge is 1.97. The Morgan fingerprint density at radius 2 is 1.85 bits per heavy atom. The topological polar surface area (TPSA) is 41.1 Å². The van der Waals surface area contributed by atoms with Crippen molar-refractivity contribution < 1.29 is 4.79 Å². The second kappa shape index (κ2) is 11.2. The average molecular weight is 186 g/mol. The normalized spacial score (nSPS) is 8.31. The van der Waals surface area contributed by atoms with Crippen molar-refractivity contribution in [3.05, 3.63) is 12.2 Å². The number of rotatable bonds is 4. The van der Waals surface area contributed by atoms with E-state index in [1.165, 1.54) is 0 Å². The lowest BCUT2D eigenvalue weighted by molar-refractivity contribution is -0.117. The van der Waals surface area contributed by atoms with Crippen LogP contribution in [0.4, 0.5) is 0 Å². The number of carbonyl (C=O) groups is 1. The van der Waals surface area contributed by atoms with E-state index in [1.807, 2.05) is 14.1 Å². The van der Waals surface area contributed by atoms with Gasteiger partial charge in [0.1, 0.15) is 0 Å². The van der Waals surface area contributed by atoms with E-state index in [-0.39, 0.29) is 5.91 Å². The van der Waals surface area contributed by atoms with Crippen LogP contribution in [0.15, 0.2) is 12.2 Å². The fourth-order valence-electron chi connectivity index (χ4n) is 0.530. The molecule has 0 heterocycles. The van der Waals surface area contributed by atoms with E-state index < -0.39 is 0 Å².